The van der Waals surface area contributed by atoms with Crippen LogP contribution in [0.25, 0.3) is 0 Å². The van der Waals surface area contributed by atoms with Crippen LogP contribution in [0.15, 0.2) is 18.5 Å². The Morgan fingerprint density at radius 2 is 2.45 bits per heavy atom. The zero-order valence-corrected chi connectivity index (χ0v) is 6.37. The quantitative estimate of drug-likeness (QED) is 0.559. The molecule has 2 rings (SSSR count). The summed E-state index contributed by atoms with van der Waals surface area (Å²) in [4.78, 5) is 15.2. The van der Waals surface area contributed by atoms with Gasteiger partial charge in [0.2, 0.25) is 0 Å². The minimum Gasteiger partial charge on any atom is -0.294 e. The van der Waals surface area contributed by atoms with Crippen molar-refractivity contribution < 1.29 is 4.79 Å². The Hall–Kier alpha value is -1.18. The number of aromatic nitrogens is 1. The van der Waals surface area contributed by atoms with Gasteiger partial charge in [-0.15, -0.1) is 0 Å². The minimum atomic E-state index is 0.259. The molecule has 11 heavy (non-hydrogen) atoms. The van der Waals surface area contributed by atoms with Crippen LogP contribution in [0.1, 0.15) is 35.2 Å². The van der Waals surface area contributed by atoms with E-state index in [0.717, 1.165) is 11.1 Å². The van der Waals surface area contributed by atoms with Gasteiger partial charge in [0.05, 0.1) is 0 Å². The molecular formula is C9H9NO. The topological polar surface area (TPSA) is 30.0 Å². The summed E-state index contributed by atoms with van der Waals surface area (Å²) in [6.07, 6.45) is 4.13. The maximum atomic E-state index is 11.2. The van der Waals surface area contributed by atoms with Crippen molar-refractivity contribution >= 4 is 5.78 Å². The van der Waals surface area contributed by atoms with E-state index in [-0.39, 0.29) is 5.78 Å². The third kappa shape index (κ3) is 0.862. The fourth-order valence-electron chi connectivity index (χ4n) is 1.55. The number of rotatable bonds is 0. The number of pyridine rings is 1. The molecule has 0 saturated carbocycles. The largest absolute Gasteiger partial charge is 0.294 e. The van der Waals surface area contributed by atoms with Crippen molar-refractivity contribution in [3.8, 4) is 0 Å². The molecule has 1 unspecified atom stereocenters. The summed E-state index contributed by atoms with van der Waals surface area (Å²) in [5.74, 6) is 0.626. The van der Waals surface area contributed by atoms with Crippen molar-refractivity contribution in [2.75, 3.05) is 0 Å². The third-order valence-electron chi connectivity index (χ3n) is 2.17. The monoisotopic (exact) mass is 147 g/mol. The van der Waals surface area contributed by atoms with Gasteiger partial charge in [0.25, 0.3) is 0 Å². The molecule has 1 atom stereocenters. The van der Waals surface area contributed by atoms with Crippen LogP contribution < -0.4 is 0 Å². The molecule has 0 aromatic carbocycles. The molecule has 0 N–H and O–H groups in total. The molecule has 0 radical (unpaired) electrons. The van der Waals surface area contributed by atoms with Crippen molar-refractivity contribution in [3.63, 3.8) is 0 Å². The molecule has 1 aliphatic carbocycles. The van der Waals surface area contributed by atoms with Gasteiger partial charge in [-0.1, -0.05) is 6.92 Å². The normalized spacial score (nSPS) is 21.9. The first-order valence-corrected chi connectivity index (χ1v) is 3.76. The van der Waals surface area contributed by atoms with E-state index in [9.17, 15) is 4.79 Å². The number of carbonyl (C=O) groups is 1. The third-order valence-corrected chi connectivity index (χ3v) is 2.17. The summed E-state index contributed by atoms with van der Waals surface area (Å²) >= 11 is 0. The van der Waals surface area contributed by atoms with Gasteiger partial charge in [-0.05, 0) is 17.5 Å². The number of ketones is 1. The number of Topliss-reactive ketones (excluding diaryl/α,β-unsaturated/α-hetero) is 1. The average Bonchev–Trinajstić information content (AvgIpc) is 2.30. The Morgan fingerprint density at radius 1 is 1.64 bits per heavy atom. The number of fused-ring (bicyclic) bond motifs is 1. The predicted octanol–water partition coefficient (Wildman–Crippen LogP) is 1.77. The van der Waals surface area contributed by atoms with Crippen LogP contribution in [0.3, 0.4) is 0 Å². The molecule has 1 aliphatic rings. The highest BCUT2D eigenvalue weighted by Gasteiger charge is 2.25. The summed E-state index contributed by atoms with van der Waals surface area (Å²) < 4.78 is 0. The van der Waals surface area contributed by atoms with E-state index in [4.69, 9.17) is 0 Å². The second kappa shape index (κ2) is 2.16. The highest BCUT2D eigenvalue weighted by molar-refractivity contribution is 6.00. The molecule has 0 amide bonds. The number of hydrogen-bond donors (Lipinski definition) is 0. The van der Waals surface area contributed by atoms with Crippen LogP contribution in [0, 0.1) is 0 Å². The van der Waals surface area contributed by atoms with Gasteiger partial charge >= 0.3 is 0 Å². The van der Waals surface area contributed by atoms with E-state index < -0.39 is 0 Å². The Labute approximate surface area is 65.3 Å². The first-order valence-electron chi connectivity index (χ1n) is 3.76. The van der Waals surface area contributed by atoms with Crippen LogP contribution >= 0.6 is 0 Å². The van der Waals surface area contributed by atoms with E-state index in [1.807, 2.05) is 0 Å². The van der Waals surface area contributed by atoms with Crippen LogP contribution in [-0.4, -0.2) is 10.8 Å². The number of hydrogen-bond acceptors (Lipinski definition) is 2. The van der Waals surface area contributed by atoms with E-state index in [2.05, 4.69) is 11.9 Å². The zero-order valence-electron chi connectivity index (χ0n) is 6.37. The first kappa shape index (κ1) is 6.53. The number of nitrogens with zero attached hydrogens (tertiary/aromatic N) is 1. The van der Waals surface area contributed by atoms with Crippen molar-refractivity contribution in [2.24, 2.45) is 0 Å². The van der Waals surface area contributed by atoms with Crippen LogP contribution in [0.2, 0.25) is 0 Å². The highest BCUT2D eigenvalue weighted by atomic mass is 16.1. The smallest absolute Gasteiger partial charge is 0.163 e. The van der Waals surface area contributed by atoms with Gasteiger partial charge in [0.15, 0.2) is 5.78 Å². The summed E-state index contributed by atoms with van der Waals surface area (Å²) in [5.41, 5.74) is 1.98. The molecule has 1 aromatic rings. The van der Waals surface area contributed by atoms with Gasteiger partial charge in [-0.2, -0.15) is 0 Å². The molecule has 0 aliphatic heterocycles. The molecule has 2 heteroatoms. The minimum absolute atomic E-state index is 0.259. The molecular weight excluding hydrogens is 138 g/mol. The standard InChI is InChI=1S/C9H9NO/c1-6-4-9(11)7-2-3-10-5-8(6)7/h2-3,5-6H,4H2,1H3. The molecule has 1 heterocycles. The van der Waals surface area contributed by atoms with Gasteiger partial charge in [0, 0.05) is 24.4 Å². The fraction of sp³-hybridized carbons (Fsp3) is 0.333. The fourth-order valence-corrected chi connectivity index (χ4v) is 1.55. The van der Waals surface area contributed by atoms with Gasteiger partial charge in [0.1, 0.15) is 0 Å². The zero-order chi connectivity index (χ0) is 7.84. The molecule has 2 nitrogen and oxygen atoms in total. The average molecular weight is 147 g/mol. The summed E-state index contributed by atoms with van der Waals surface area (Å²) in [6.45, 7) is 2.06. The summed E-state index contributed by atoms with van der Waals surface area (Å²) in [7, 11) is 0. The van der Waals surface area contributed by atoms with Gasteiger partial charge in [-0.25, -0.2) is 0 Å². The number of carbonyl (C=O) groups excluding carboxylic acids is 1. The Kier molecular flexibility index (Phi) is 1.28. The van der Waals surface area contributed by atoms with Crippen molar-refractivity contribution in [1.29, 1.82) is 0 Å². The van der Waals surface area contributed by atoms with Crippen LogP contribution in [0.5, 0.6) is 0 Å². The van der Waals surface area contributed by atoms with Crippen LogP contribution in [-0.2, 0) is 0 Å². The second-order valence-electron chi connectivity index (χ2n) is 2.99. The lowest BCUT2D eigenvalue weighted by molar-refractivity contribution is 0.0990. The SMILES string of the molecule is CC1CC(=O)c2ccncc21. The lowest BCUT2D eigenvalue weighted by Crippen LogP contribution is -1.90. The predicted molar refractivity (Wildman–Crippen MR) is 41.6 cm³/mol. The van der Waals surface area contributed by atoms with E-state index >= 15 is 0 Å². The molecule has 0 spiro atoms. The second-order valence-corrected chi connectivity index (χ2v) is 2.99. The van der Waals surface area contributed by atoms with Crippen LogP contribution in [0.4, 0.5) is 0 Å². The van der Waals surface area contributed by atoms with Crippen molar-refractivity contribution in [3.05, 3.63) is 29.6 Å². The Balaban J connectivity index is 2.60. The van der Waals surface area contributed by atoms with E-state index in [1.54, 1.807) is 18.5 Å². The maximum Gasteiger partial charge on any atom is 0.163 e. The van der Waals surface area contributed by atoms with Gasteiger partial charge in [-0.3, -0.25) is 9.78 Å². The summed E-state index contributed by atoms with van der Waals surface area (Å²) in [5, 5.41) is 0. The molecule has 0 fully saturated rings. The van der Waals surface area contributed by atoms with E-state index in [1.165, 1.54) is 0 Å². The molecule has 0 bridgehead atoms. The van der Waals surface area contributed by atoms with E-state index in [0.29, 0.717) is 12.3 Å². The highest BCUT2D eigenvalue weighted by Crippen LogP contribution is 2.30. The Bertz CT molecular complexity index is 306. The molecule has 56 valence electrons. The maximum absolute atomic E-state index is 11.2. The van der Waals surface area contributed by atoms with Gasteiger partial charge < -0.3 is 0 Å². The Morgan fingerprint density at radius 3 is 3.18 bits per heavy atom. The van der Waals surface area contributed by atoms with Crippen molar-refractivity contribution in [2.45, 2.75) is 19.3 Å². The summed E-state index contributed by atoms with van der Waals surface area (Å²) in [6, 6.07) is 1.81. The lowest BCUT2D eigenvalue weighted by Gasteiger charge is -1.98. The molecule has 1 aromatic heterocycles. The van der Waals surface area contributed by atoms with Crippen molar-refractivity contribution in [1.82, 2.24) is 4.98 Å². The molecule has 0 saturated heterocycles. The lowest BCUT2D eigenvalue weighted by atomic mass is 10.1. The first-order chi connectivity index (χ1) is 5.29.